The maximum Gasteiger partial charge on any atom is 0.224 e. The largest absolute Gasteiger partial charge is 0.341 e. The van der Waals surface area contributed by atoms with E-state index in [1.54, 1.807) is 16.2 Å². The first-order valence-electron chi connectivity index (χ1n) is 5.25. The van der Waals surface area contributed by atoms with Gasteiger partial charge in [0.15, 0.2) is 0 Å². The lowest BCUT2D eigenvalue weighted by molar-refractivity contribution is -0.130. The summed E-state index contributed by atoms with van der Waals surface area (Å²) in [5.41, 5.74) is 6.91. The van der Waals surface area contributed by atoms with Gasteiger partial charge in [-0.2, -0.15) is 0 Å². The van der Waals surface area contributed by atoms with Crippen LogP contribution in [0, 0.1) is 0 Å². The lowest BCUT2D eigenvalue weighted by Crippen LogP contribution is -2.32. The van der Waals surface area contributed by atoms with Gasteiger partial charge < -0.3 is 10.6 Å². The molecule has 1 atom stereocenters. The maximum atomic E-state index is 11.8. The molecule has 0 saturated heterocycles. The van der Waals surface area contributed by atoms with Crippen LogP contribution in [0.1, 0.15) is 25.3 Å². The molecule has 0 aliphatic carbocycles. The molecule has 0 aliphatic rings. The molecule has 1 aromatic heterocycles. The normalized spacial score (nSPS) is 12.5. The zero-order chi connectivity index (χ0) is 12.1. The lowest BCUT2D eigenvalue weighted by Gasteiger charge is -2.18. The van der Waals surface area contributed by atoms with Gasteiger partial charge in [-0.3, -0.25) is 4.79 Å². The monoisotopic (exact) mass is 304 g/mol. The minimum absolute atomic E-state index is 0.0239. The highest BCUT2D eigenvalue weighted by molar-refractivity contribution is 9.11. The molecule has 2 N–H and O–H groups in total. The van der Waals surface area contributed by atoms with Gasteiger partial charge in [-0.25, -0.2) is 0 Å². The van der Waals surface area contributed by atoms with E-state index in [-0.39, 0.29) is 11.9 Å². The fourth-order valence-electron chi connectivity index (χ4n) is 1.32. The Kier molecular flexibility index (Phi) is 5.44. The van der Waals surface area contributed by atoms with Crippen LogP contribution in [-0.4, -0.2) is 23.9 Å². The van der Waals surface area contributed by atoms with Crippen molar-refractivity contribution in [3.05, 3.63) is 20.8 Å². The molecule has 1 unspecified atom stereocenters. The third kappa shape index (κ3) is 4.23. The van der Waals surface area contributed by atoms with Gasteiger partial charge in [0.1, 0.15) is 0 Å². The minimum atomic E-state index is -0.0239. The molecule has 0 bridgehead atoms. The summed E-state index contributed by atoms with van der Waals surface area (Å²) in [5, 5.41) is 2.05. The van der Waals surface area contributed by atoms with E-state index in [4.69, 9.17) is 5.73 Å². The van der Waals surface area contributed by atoms with Crippen LogP contribution in [0.25, 0.3) is 0 Å². The maximum absolute atomic E-state index is 11.8. The quantitative estimate of drug-likeness (QED) is 0.909. The molecule has 0 aromatic carbocycles. The summed E-state index contributed by atoms with van der Waals surface area (Å²) in [7, 11) is 1.82. The second-order valence-electron chi connectivity index (χ2n) is 3.88. The number of nitrogens with zero attached hydrogens (tertiary/aromatic N) is 1. The molecule has 5 heteroatoms. The van der Waals surface area contributed by atoms with Gasteiger partial charge in [0, 0.05) is 26.1 Å². The molecule has 0 spiro atoms. The fraction of sp³-hybridized carbons (Fsp3) is 0.545. The van der Waals surface area contributed by atoms with Crippen molar-refractivity contribution >= 4 is 33.2 Å². The Labute approximate surface area is 109 Å². The predicted molar refractivity (Wildman–Crippen MR) is 71.4 cm³/mol. The van der Waals surface area contributed by atoms with E-state index < -0.39 is 0 Å². The third-order valence-electron chi connectivity index (χ3n) is 2.43. The van der Waals surface area contributed by atoms with Gasteiger partial charge in [0.05, 0.1) is 3.79 Å². The number of hydrogen-bond acceptors (Lipinski definition) is 3. The first kappa shape index (κ1) is 13.7. The number of thiophene rings is 1. The summed E-state index contributed by atoms with van der Waals surface area (Å²) >= 11 is 5.04. The van der Waals surface area contributed by atoms with Crippen LogP contribution in [0.2, 0.25) is 0 Å². The number of amides is 1. The highest BCUT2D eigenvalue weighted by atomic mass is 79.9. The number of nitrogens with two attached hydrogens (primary N) is 1. The highest BCUT2D eigenvalue weighted by Gasteiger charge is 2.13. The van der Waals surface area contributed by atoms with E-state index in [1.807, 2.05) is 25.4 Å². The molecule has 1 heterocycles. The van der Waals surface area contributed by atoms with Crippen LogP contribution in [-0.2, 0) is 11.3 Å². The third-order valence-corrected chi connectivity index (χ3v) is 3.98. The Morgan fingerprint density at radius 1 is 1.69 bits per heavy atom. The molecule has 0 aliphatic heterocycles. The van der Waals surface area contributed by atoms with Crippen LogP contribution >= 0.6 is 27.3 Å². The summed E-state index contributed by atoms with van der Waals surface area (Å²) in [6, 6.07) is 2.01. The van der Waals surface area contributed by atoms with Crippen molar-refractivity contribution in [3.8, 4) is 0 Å². The SMILES string of the molecule is CCC(N)CC(=O)N(C)Cc1csc(Br)c1. The van der Waals surface area contributed by atoms with E-state index in [1.165, 1.54) is 0 Å². The molecular weight excluding hydrogens is 288 g/mol. The Morgan fingerprint density at radius 2 is 2.38 bits per heavy atom. The Bertz CT molecular complexity index is 354. The van der Waals surface area contributed by atoms with Gasteiger partial charge in [-0.15, -0.1) is 11.3 Å². The molecule has 16 heavy (non-hydrogen) atoms. The molecule has 0 radical (unpaired) electrons. The molecule has 0 fully saturated rings. The summed E-state index contributed by atoms with van der Waals surface area (Å²) in [5.74, 6) is 0.108. The molecular formula is C11H17BrN2OS. The van der Waals surface area contributed by atoms with Crippen molar-refractivity contribution in [2.75, 3.05) is 7.05 Å². The van der Waals surface area contributed by atoms with Gasteiger partial charge in [-0.1, -0.05) is 6.92 Å². The number of carbonyl (C=O) groups is 1. The van der Waals surface area contributed by atoms with Crippen LogP contribution < -0.4 is 5.73 Å². The van der Waals surface area contributed by atoms with E-state index >= 15 is 0 Å². The second-order valence-corrected chi connectivity index (χ2v) is 6.17. The van der Waals surface area contributed by atoms with Gasteiger partial charge >= 0.3 is 0 Å². The molecule has 1 aromatic rings. The smallest absolute Gasteiger partial charge is 0.224 e. The van der Waals surface area contributed by atoms with Gasteiger partial charge in [-0.05, 0) is 39.4 Å². The zero-order valence-corrected chi connectivity index (χ0v) is 12.0. The average Bonchev–Trinajstić information content (AvgIpc) is 2.63. The predicted octanol–water partition coefficient (Wildman–Crippen LogP) is 2.60. The highest BCUT2D eigenvalue weighted by Crippen LogP contribution is 2.21. The van der Waals surface area contributed by atoms with E-state index in [2.05, 4.69) is 15.9 Å². The van der Waals surface area contributed by atoms with Crippen molar-refractivity contribution < 1.29 is 4.79 Å². The Morgan fingerprint density at radius 3 is 2.88 bits per heavy atom. The number of halogens is 1. The first-order valence-corrected chi connectivity index (χ1v) is 6.92. The van der Waals surface area contributed by atoms with Crippen molar-refractivity contribution in [1.29, 1.82) is 0 Å². The van der Waals surface area contributed by atoms with Crippen LogP contribution in [0.3, 0.4) is 0 Å². The number of rotatable bonds is 5. The number of hydrogen-bond donors (Lipinski definition) is 1. The van der Waals surface area contributed by atoms with Crippen LogP contribution in [0.5, 0.6) is 0 Å². The van der Waals surface area contributed by atoms with E-state index in [9.17, 15) is 4.79 Å². The first-order chi connectivity index (χ1) is 7.52. The molecule has 90 valence electrons. The molecule has 0 saturated carbocycles. The van der Waals surface area contributed by atoms with Crippen LogP contribution in [0.4, 0.5) is 0 Å². The van der Waals surface area contributed by atoms with Gasteiger partial charge in [0.2, 0.25) is 5.91 Å². The topological polar surface area (TPSA) is 46.3 Å². The molecule has 1 amide bonds. The fourth-order valence-corrected chi connectivity index (χ4v) is 2.52. The summed E-state index contributed by atoms with van der Waals surface area (Å²) in [6.45, 7) is 2.64. The average molecular weight is 305 g/mol. The molecule has 3 nitrogen and oxygen atoms in total. The van der Waals surface area contributed by atoms with Crippen molar-refractivity contribution in [1.82, 2.24) is 4.90 Å². The number of carbonyl (C=O) groups excluding carboxylic acids is 1. The Hall–Kier alpha value is -0.390. The van der Waals surface area contributed by atoms with E-state index in [0.29, 0.717) is 13.0 Å². The summed E-state index contributed by atoms with van der Waals surface area (Å²) in [4.78, 5) is 13.5. The Balaban J connectivity index is 2.45. The van der Waals surface area contributed by atoms with Gasteiger partial charge in [0.25, 0.3) is 0 Å². The summed E-state index contributed by atoms with van der Waals surface area (Å²) in [6.07, 6.45) is 1.27. The molecule has 1 rings (SSSR count). The van der Waals surface area contributed by atoms with Crippen molar-refractivity contribution in [3.63, 3.8) is 0 Å². The standard InChI is InChI=1S/C11H17BrN2OS/c1-3-9(13)5-11(15)14(2)6-8-4-10(12)16-7-8/h4,7,9H,3,5-6,13H2,1-2H3. The van der Waals surface area contributed by atoms with Crippen molar-refractivity contribution in [2.24, 2.45) is 5.73 Å². The lowest BCUT2D eigenvalue weighted by atomic mass is 10.1. The van der Waals surface area contributed by atoms with E-state index in [0.717, 1.165) is 15.8 Å². The van der Waals surface area contributed by atoms with Crippen LogP contribution in [0.15, 0.2) is 15.2 Å². The second kappa shape index (κ2) is 6.37. The minimum Gasteiger partial charge on any atom is -0.341 e. The summed E-state index contributed by atoms with van der Waals surface area (Å²) < 4.78 is 1.09. The zero-order valence-electron chi connectivity index (χ0n) is 9.57. The van der Waals surface area contributed by atoms with Crippen molar-refractivity contribution in [2.45, 2.75) is 32.4 Å².